The Kier molecular flexibility index (Phi) is 5.75. The molecular formula is C24H20N2O4. The van der Waals surface area contributed by atoms with Crippen LogP contribution in [0.25, 0.3) is 6.08 Å². The van der Waals surface area contributed by atoms with Crippen molar-refractivity contribution in [1.82, 2.24) is 5.43 Å². The van der Waals surface area contributed by atoms with Crippen molar-refractivity contribution in [3.05, 3.63) is 95.6 Å². The van der Waals surface area contributed by atoms with Crippen molar-refractivity contribution in [3.63, 3.8) is 0 Å². The Labute approximate surface area is 174 Å². The van der Waals surface area contributed by atoms with E-state index < -0.39 is 0 Å². The van der Waals surface area contributed by atoms with Crippen molar-refractivity contribution in [2.24, 2.45) is 5.10 Å². The third-order valence-corrected chi connectivity index (χ3v) is 4.53. The molecule has 0 atom stereocenters. The number of allylic oxidation sites excluding steroid dienone is 1. The van der Waals surface area contributed by atoms with Gasteiger partial charge in [0.25, 0.3) is 5.91 Å². The van der Waals surface area contributed by atoms with Crippen LogP contribution >= 0.6 is 0 Å². The van der Waals surface area contributed by atoms with Crippen LogP contribution in [0.3, 0.4) is 0 Å². The maximum absolute atomic E-state index is 12.4. The Morgan fingerprint density at radius 1 is 0.967 bits per heavy atom. The maximum Gasteiger partial charge on any atom is 0.271 e. The lowest BCUT2D eigenvalue weighted by molar-refractivity contribution is 0.0955. The van der Waals surface area contributed by atoms with Crippen molar-refractivity contribution >= 4 is 17.7 Å². The molecule has 0 aromatic heterocycles. The van der Waals surface area contributed by atoms with E-state index in [1.807, 2.05) is 72.8 Å². The van der Waals surface area contributed by atoms with Crippen LogP contribution in [0.2, 0.25) is 0 Å². The molecule has 3 aromatic carbocycles. The number of hydrazone groups is 1. The summed E-state index contributed by atoms with van der Waals surface area (Å²) in [6.07, 6.45) is 3.74. The highest BCUT2D eigenvalue weighted by atomic mass is 16.7. The monoisotopic (exact) mass is 400 g/mol. The molecule has 0 bridgehead atoms. The molecule has 1 N–H and O–H groups in total. The van der Waals surface area contributed by atoms with Crippen LogP contribution in [-0.4, -0.2) is 25.5 Å². The number of rotatable bonds is 6. The van der Waals surface area contributed by atoms with E-state index >= 15 is 0 Å². The van der Waals surface area contributed by atoms with Gasteiger partial charge in [0.1, 0.15) is 5.75 Å². The van der Waals surface area contributed by atoms with Crippen LogP contribution in [0.15, 0.2) is 84.0 Å². The summed E-state index contributed by atoms with van der Waals surface area (Å²) in [6, 6.07) is 22.1. The minimum atomic E-state index is -0.280. The molecule has 1 amide bonds. The molecule has 0 saturated carbocycles. The number of ether oxygens (including phenoxy) is 3. The number of carbonyl (C=O) groups excluding carboxylic acids is 1. The van der Waals surface area contributed by atoms with Crippen molar-refractivity contribution in [2.45, 2.75) is 0 Å². The van der Waals surface area contributed by atoms with E-state index in [1.54, 1.807) is 19.2 Å². The highest BCUT2D eigenvalue weighted by molar-refractivity contribution is 6.11. The zero-order valence-corrected chi connectivity index (χ0v) is 16.4. The van der Waals surface area contributed by atoms with E-state index in [0.717, 1.165) is 22.6 Å². The second-order valence-corrected chi connectivity index (χ2v) is 6.48. The van der Waals surface area contributed by atoms with Gasteiger partial charge in [-0.15, -0.1) is 0 Å². The van der Waals surface area contributed by atoms with Gasteiger partial charge in [0.05, 0.1) is 12.8 Å². The molecule has 0 spiro atoms. The first-order chi connectivity index (χ1) is 14.7. The number of carbonyl (C=O) groups is 1. The van der Waals surface area contributed by atoms with Gasteiger partial charge in [-0.05, 0) is 60.2 Å². The molecule has 0 unspecified atom stereocenters. The molecule has 1 heterocycles. The second-order valence-electron chi connectivity index (χ2n) is 6.48. The van der Waals surface area contributed by atoms with Gasteiger partial charge in [0.15, 0.2) is 11.5 Å². The highest BCUT2D eigenvalue weighted by Crippen LogP contribution is 2.32. The summed E-state index contributed by atoms with van der Waals surface area (Å²) in [5, 5.41) is 4.35. The summed E-state index contributed by atoms with van der Waals surface area (Å²) >= 11 is 0. The lowest BCUT2D eigenvalue weighted by Crippen LogP contribution is -2.19. The van der Waals surface area contributed by atoms with Gasteiger partial charge in [-0.25, -0.2) is 5.43 Å². The zero-order valence-electron chi connectivity index (χ0n) is 16.4. The number of methoxy groups -OCH3 is 1. The number of fused-ring (bicyclic) bond motifs is 1. The highest BCUT2D eigenvalue weighted by Gasteiger charge is 2.12. The number of hydrogen-bond acceptors (Lipinski definition) is 5. The average Bonchev–Trinajstić information content (AvgIpc) is 3.27. The van der Waals surface area contributed by atoms with E-state index in [1.165, 1.54) is 0 Å². The standard InChI is InChI=1S/C24H20N2O4/c1-28-20-11-9-18(10-12-20)21(25-26-24(27)19-5-3-2-4-6-19)13-7-17-8-14-22-23(15-17)30-16-29-22/h2-15H,16H2,1H3,(H,26,27)/b13-7-,25-21?. The summed E-state index contributed by atoms with van der Waals surface area (Å²) in [6.45, 7) is 0.229. The molecule has 0 aliphatic carbocycles. The molecule has 1 aliphatic rings. The number of hydrogen-bond donors (Lipinski definition) is 1. The first-order valence-electron chi connectivity index (χ1n) is 9.38. The summed E-state index contributed by atoms with van der Waals surface area (Å²) in [4.78, 5) is 12.4. The summed E-state index contributed by atoms with van der Waals surface area (Å²) in [5.41, 5.74) is 5.52. The van der Waals surface area contributed by atoms with Crippen LogP contribution < -0.4 is 19.6 Å². The van der Waals surface area contributed by atoms with Crippen molar-refractivity contribution in [3.8, 4) is 17.2 Å². The van der Waals surface area contributed by atoms with Crippen molar-refractivity contribution in [1.29, 1.82) is 0 Å². The fraction of sp³-hybridized carbons (Fsp3) is 0.0833. The molecule has 150 valence electrons. The van der Waals surface area contributed by atoms with E-state index in [-0.39, 0.29) is 12.7 Å². The van der Waals surface area contributed by atoms with E-state index in [0.29, 0.717) is 17.0 Å². The Hall–Kier alpha value is -4.06. The second kappa shape index (κ2) is 8.96. The average molecular weight is 400 g/mol. The van der Waals surface area contributed by atoms with Gasteiger partial charge in [-0.3, -0.25) is 4.79 Å². The smallest absolute Gasteiger partial charge is 0.271 e. The van der Waals surface area contributed by atoms with Gasteiger partial charge in [-0.1, -0.05) is 30.3 Å². The Bertz CT molecular complexity index is 1090. The molecule has 0 fully saturated rings. The number of nitrogens with zero attached hydrogens (tertiary/aromatic N) is 1. The summed E-state index contributed by atoms with van der Waals surface area (Å²) in [5.74, 6) is 1.90. The molecule has 6 heteroatoms. The first kappa shape index (κ1) is 19.3. The van der Waals surface area contributed by atoms with Crippen LogP contribution in [-0.2, 0) is 0 Å². The lowest BCUT2D eigenvalue weighted by atomic mass is 10.1. The predicted octanol–water partition coefficient (Wildman–Crippen LogP) is 4.27. The molecule has 30 heavy (non-hydrogen) atoms. The summed E-state index contributed by atoms with van der Waals surface area (Å²) < 4.78 is 16.0. The topological polar surface area (TPSA) is 69.2 Å². The molecule has 1 aliphatic heterocycles. The quantitative estimate of drug-likeness (QED) is 0.496. The largest absolute Gasteiger partial charge is 0.497 e. The van der Waals surface area contributed by atoms with Crippen LogP contribution in [0.1, 0.15) is 21.5 Å². The molecule has 6 nitrogen and oxygen atoms in total. The number of benzene rings is 3. The molecular weight excluding hydrogens is 380 g/mol. The third-order valence-electron chi connectivity index (χ3n) is 4.53. The van der Waals surface area contributed by atoms with Gasteiger partial charge in [0.2, 0.25) is 6.79 Å². The Morgan fingerprint density at radius 2 is 1.73 bits per heavy atom. The lowest BCUT2D eigenvalue weighted by Gasteiger charge is -2.06. The Balaban J connectivity index is 1.60. The number of nitrogens with one attached hydrogen (secondary N) is 1. The van der Waals surface area contributed by atoms with Crippen molar-refractivity contribution in [2.75, 3.05) is 13.9 Å². The molecule has 0 saturated heterocycles. The number of amides is 1. The van der Waals surface area contributed by atoms with Gasteiger partial charge in [0, 0.05) is 11.1 Å². The molecule has 3 aromatic rings. The van der Waals surface area contributed by atoms with Gasteiger partial charge < -0.3 is 14.2 Å². The zero-order chi connectivity index (χ0) is 20.8. The summed E-state index contributed by atoms with van der Waals surface area (Å²) in [7, 11) is 1.61. The normalized spacial score (nSPS) is 12.8. The Morgan fingerprint density at radius 3 is 2.50 bits per heavy atom. The maximum atomic E-state index is 12.4. The first-order valence-corrected chi connectivity index (χ1v) is 9.38. The minimum Gasteiger partial charge on any atom is -0.497 e. The fourth-order valence-electron chi connectivity index (χ4n) is 2.92. The molecule has 0 radical (unpaired) electrons. The predicted molar refractivity (Wildman–Crippen MR) is 115 cm³/mol. The minimum absolute atomic E-state index is 0.229. The van der Waals surface area contributed by atoms with E-state index in [4.69, 9.17) is 14.2 Å². The fourth-order valence-corrected chi connectivity index (χ4v) is 2.92. The van der Waals surface area contributed by atoms with Gasteiger partial charge in [-0.2, -0.15) is 5.10 Å². The van der Waals surface area contributed by atoms with Crippen LogP contribution in [0.5, 0.6) is 17.2 Å². The van der Waals surface area contributed by atoms with E-state index in [9.17, 15) is 4.79 Å². The molecule has 4 rings (SSSR count). The van der Waals surface area contributed by atoms with Crippen molar-refractivity contribution < 1.29 is 19.0 Å². The van der Waals surface area contributed by atoms with Gasteiger partial charge >= 0.3 is 0 Å². The third kappa shape index (κ3) is 4.50. The van der Waals surface area contributed by atoms with E-state index in [2.05, 4.69) is 10.5 Å². The van der Waals surface area contributed by atoms with Crippen LogP contribution in [0.4, 0.5) is 0 Å². The van der Waals surface area contributed by atoms with Crippen LogP contribution in [0, 0.1) is 0 Å². The SMILES string of the molecule is COc1ccc(C(/C=C\c2ccc3c(c2)OCO3)=NNC(=O)c2ccccc2)cc1.